The van der Waals surface area contributed by atoms with Crippen LogP contribution in [-0.4, -0.2) is 30.1 Å². The quantitative estimate of drug-likeness (QED) is 0.565. The lowest BCUT2D eigenvalue weighted by Crippen LogP contribution is -2.41. The van der Waals surface area contributed by atoms with E-state index >= 15 is 0 Å². The van der Waals surface area contributed by atoms with Crippen molar-refractivity contribution in [3.05, 3.63) is 65.2 Å². The van der Waals surface area contributed by atoms with Gasteiger partial charge in [0.1, 0.15) is 11.4 Å². The number of hydrogen-bond donors (Lipinski definition) is 2. The first-order valence-corrected chi connectivity index (χ1v) is 11.9. The Balaban J connectivity index is 1.53. The maximum absolute atomic E-state index is 13.0. The van der Waals surface area contributed by atoms with Gasteiger partial charge < -0.3 is 4.74 Å². The van der Waals surface area contributed by atoms with Crippen molar-refractivity contribution >= 4 is 32.4 Å². The second kappa shape index (κ2) is 8.03. The number of ether oxygens (including phenoxy) is 1. The molecule has 2 aromatic carbocycles. The van der Waals surface area contributed by atoms with Gasteiger partial charge in [0.05, 0.1) is 6.04 Å². The number of sulfonamides is 1. The number of carbonyl (C=O) groups excluding carboxylic acids is 1. The summed E-state index contributed by atoms with van der Waals surface area (Å²) in [6.07, 6.45) is 0.457. The molecule has 0 saturated carbocycles. The van der Waals surface area contributed by atoms with Gasteiger partial charge in [-0.1, -0.05) is 47.2 Å². The molecule has 1 atom stereocenters. The fourth-order valence-electron chi connectivity index (χ4n) is 3.47. The number of fused-ring (bicyclic) bond motifs is 1. The van der Waals surface area contributed by atoms with Crippen molar-refractivity contribution in [3.8, 4) is 5.75 Å². The van der Waals surface area contributed by atoms with E-state index in [9.17, 15) is 13.2 Å². The fraction of sp³-hybridized carbons (Fsp3) is 0.286. The van der Waals surface area contributed by atoms with Crippen LogP contribution in [0.1, 0.15) is 47.8 Å². The molecule has 0 bridgehead atoms. The highest BCUT2D eigenvalue weighted by Gasteiger charge is 2.36. The monoisotopic (exact) mass is 458 g/mol. The average molecular weight is 459 g/mol. The Morgan fingerprint density at radius 3 is 2.71 bits per heavy atom. The van der Waals surface area contributed by atoms with E-state index in [1.54, 1.807) is 18.2 Å². The second-order valence-corrected chi connectivity index (χ2v) is 10.8. The molecule has 1 aliphatic rings. The van der Waals surface area contributed by atoms with Gasteiger partial charge in [0.25, 0.3) is 15.9 Å². The van der Waals surface area contributed by atoms with Crippen LogP contribution in [0.5, 0.6) is 5.75 Å². The van der Waals surface area contributed by atoms with Crippen LogP contribution in [-0.2, 0) is 10.0 Å². The van der Waals surface area contributed by atoms with Crippen molar-refractivity contribution in [2.24, 2.45) is 0 Å². The van der Waals surface area contributed by atoms with Gasteiger partial charge in [-0.2, -0.15) is 0 Å². The van der Waals surface area contributed by atoms with Crippen LogP contribution in [0.4, 0.5) is 5.13 Å². The minimum Gasteiger partial charge on any atom is -0.487 e. The maximum Gasteiger partial charge on any atom is 0.270 e. The summed E-state index contributed by atoms with van der Waals surface area (Å²) >= 11 is 0.801. The highest BCUT2D eigenvalue weighted by molar-refractivity contribution is 7.91. The molecule has 2 heterocycles. The van der Waals surface area contributed by atoms with Gasteiger partial charge in [0.15, 0.2) is 0 Å². The lowest BCUT2D eigenvalue weighted by atomic mass is 9.90. The molecule has 0 saturated heterocycles. The Morgan fingerprint density at radius 2 is 1.94 bits per heavy atom. The zero-order chi connectivity index (χ0) is 22.2. The van der Waals surface area contributed by atoms with E-state index in [-0.39, 0.29) is 15.4 Å². The van der Waals surface area contributed by atoms with E-state index in [1.807, 2.05) is 51.1 Å². The van der Waals surface area contributed by atoms with Crippen molar-refractivity contribution in [1.29, 1.82) is 0 Å². The van der Waals surface area contributed by atoms with Gasteiger partial charge in [-0.05, 0) is 39.0 Å². The van der Waals surface area contributed by atoms with Gasteiger partial charge in [0.2, 0.25) is 9.47 Å². The van der Waals surface area contributed by atoms with Crippen LogP contribution < -0.4 is 14.8 Å². The molecule has 0 fully saturated rings. The first kappa shape index (κ1) is 21.4. The molecule has 8 nitrogen and oxygen atoms in total. The third-order valence-electron chi connectivity index (χ3n) is 4.81. The number of hydrogen-bond acceptors (Lipinski definition) is 7. The Labute approximate surface area is 184 Å². The number of benzene rings is 2. The Kier molecular flexibility index (Phi) is 5.54. The smallest absolute Gasteiger partial charge is 0.270 e. The fourth-order valence-corrected chi connectivity index (χ4v) is 5.60. The molecule has 10 heteroatoms. The van der Waals surface area contributed by atoms with E-state index < -0.39 is 21.7 Å². The van der Waals surface area contributed by atoms with Gasteiger partial charge in [0, 0.05) is 17.5 Å². The number of aryl methyl sites for hydroxylation is 1. The predicted octanol–water partition coefficient (Wildman–Crippen LogP) is 3.68. The maximum atomic E-state index is 13.0. The summed E-state index contributed by atoms with van der Waals surface area (Å²) in [5, 5.41) is 10.3. The van der Waals surface area contributed by atoms with Crippen LogP contribution in [0.2, 0.25) is 0 Å². The van der Waals surface area contributed by atoms with Crippen molar-refractivity contribution < 1.29 is 17.9 Å². The molecule has 0 spiro atoms. The number of nitrogens with zero attached hydrogens (tertiary/aromatic N) is 2. The summed E-state index contributed by atoms with van der Waals surface area (Å²) in [6.45, 7) is 5.70. The summed E-state index contributed by atoms with van der Waals surface area (Å²) in [7, 11) is -3.95. The van der Waals surface area contributed by atoms with Crippen LogP contribution in [0, 0.1) is 6.92 Å². The second-order valence-electron chi connectivity index (χ2n) is 7.97. The number of nitrogens with one attached hydrogen (secondary N) is 2. The summed E-state index contributed by atoms with van der Waals surface area (Å²) in [5.74, 6) is 0.270. The van der Waals surface area contributed by atoms with E-state index in [4.69, 9.17) is 4.74 Å². The van der Waals surface area contributed by atoms with E-state index in [1.165, 1.54) is 0 Å². The predicted molar refractivity (Wildman–Crippen MR) is 118 cm³/mol. The van der Waals surface area contributed by atoms with E-state index in [2.05, 4.69) is 20.2 Å². The number of rotatable bonds is 5. The molecule has 0 aliphatic carbocycles. The average Bonchev–Trinajstić information content (AvgIpc) is 3.16. The standard InChI is InChI=1S/C21H22N4O4S2/c1-13-7-6-8-14(11-13)18(26)22-19-23-24-20(30-19)31(27,28)25-16-12-21(2,3)29-17-10-5-4-9-15(16)17/h4-11,16,25H,12H2,1-3H3,(H,22,23,26). The lowest BCUT2D eigenvalue weighted by molar-refractivity contribution is 0.0702. The SMILES string of the molecule is Cc1cccc(C(=O)Nc2nnc(S(=O)(=O)NC3CC(C)(C)Oc4ccccc43)s2)c1. The molecule has 1 aromatic heterocycles. The summed E-state index contributed by atoms with van der Waals surface area (Å²) in [6, 6.07) is 13.9. The lowest BCUT2D eigenvalue weighted by Gasteiger charge is -2.37. The molecule has 162 valence electrons. The van der Waals surface area contributed by atoms with E-state index in [0.717, 1.165) is 22.5 Å². The molecule has 3 aromatic rings. The van der Waals surface area contributed by atoms with Crippen LogP contribution in [0.15, 0.2) is 52.9 Å². The van der Waals surface area contributed by atoms with Crippen LogP contribution in [0.3, 0.4) is 0 Å². The topological polar surface area (TPSA) is 110 Å². The van der Waals surface area contributed by atoms with Gasteiger partial charge >= 0.3 is 0 Å². The van der Waals surface area contributed by atoms with Crippen molar-refractivity contribution in [1.82, 2.24) is 14.9 Å². The van der Waals surface area contributed by atoms with Crippen LogP contribution in [0.25, 0.3) is 0 Å². The minimum absolute atomic E-state index is 0.111. The summed E-state index contributed by atoms with van der Waals surface area (Å²) < 4.78 is 34.4. The number of para-hydroxylation sites is 1. The summed E-state index contributed by atoms with van der Waals surface area (Å²) in [5.41, 5.74) is 1.63. The van der Waals surface area contributed by atoms with Crippen molar-refractivity contribution in [3.63, 3.8) is 0 Å². The molecular weight excluding hydrogens is 436 g/mol. The number of carbonyl (C=O) groups is 1. The highest BCUT2D eigenvalue weighted by Crippen LogP contribution is 2.40. The number of aromatic nitrogens is 2. The highest BCUT2D eigenvalue weighted by atomic mass is 32.2. The molecule has 1 unspecified atom stereocenters. The third-order valence-corrected chi connectivity index (χ3v) is 7.49. The normalized spacial score (nSPS) is 17.5. The van der Waals surface area contributed by atoms with Crippen LogP contribution >= 0.6 is 11.3 Å². The molecule has 4 rings (SSSR count). The van der Waals surface area contributed by atoms with Gasteiger partial charge in [-0.15, -0.1) is 10.2 Å². The summed E-state index contributed by atoms with van der Waals surface area (Å²) in [4.78, 5) is 12.4. The molecule has 2 N–H and O–H groups in total. The zero-order valence-electron chi connectivity index (χ0n) is 17.2. The Bertz CT molecular complexity index is 1240. The van der Waals surface area contributed by atoms with Crippen molar-refractivity contribution in [2.75, 3.05) is 5.32 Å². The largest absolute Gasteiger partial charge is 0.487 e. The van der Waals surface area contributed by atoms with Gasteiger partial charge in [-0.25, -0.2) is 13.1 Å². The molecule has 31 heavy (non-hydrogen) atoms. The Morgan fingerprint density at radius 1 is 1.16 bits per heavy atom. The molecular formula is C21H22N4O4S2. The zero-order valence-corrected chi connectivity index (χ0v) is 18.9. The molecule has 0 radical (unpaired) electrons. The Hall–Kier alpha value is -2.82. The first-order valence-electron chi connectivity index (χ1n) is 9.65. The molecule has 1 amide bonds. The van der Waals surface area contributed by atoms with Gasteiger partial charge in [-0.3, -0.25) is 10.1 Å². The first-order chi connectivity index (χ1) is 14.6. The number of anilines is 1. The third kappa shape index (κ3) is 4.76. The minimum atomic E-state index is -3.95. The van der Waals surface area contributed by atoms with E-state index in [0.29, 0.717) is 17.7 Å². The van der Waals surface area contributed by atoms with Crippen molar-refractivity contribution in [2.45, 2.75) is 43.2 Å². The number of amides is 1. The molecule has 1 aliphatic heterocycles.